The highest BCUT2D eigenvalue weighted by Gasteiger charge is 2.43. The van der Waals surface area contributed by atoms with Crippen LogP contribution in [0, 0.1) is 6.92 Å². The quantitative estimate of drug-likeness (QED) is 0.425. The van der Waals surface area contributed by atoms with Gasteiger partial charge in [0.1, 0.15) is 12.4 Å². The van der Waals surface area contributed by atoms with Gasteiger partial charge in [0, 0.05) is 29.8 Å². The van der Waals surface area contributed by atoms with Crippen LogP contribution < -0.4 is 10.6 Å². The third-order valence-electron chi connectivity index (χ3n) is 4.44. The molecular weight excluding hydrogens is 344 g/mol. The topological polar surface area (TPSA) is 67.1 Å². The van der Waals surface area contributed by atoms with Gasteiger partial charge in [0.05, 0.1) is 0 Å². The molecule has 0 atom stereocenters. The maximum Gasteiger partial charge on any atom is 0.192 e. The summed E-state index contributed by atoms with van der Waals surface area (Å²) in [5, 5.41) is 15.0. The first kappa shape index (κ1) is 18.5. The summed E-state index contributed by atoms with van der Waals surface area (Å²) < 4.78 is 2.22. The number of aromatic nitrogens is 3. The molecule has 7 heteroatoms. The van der Waals surface area contributed by atoms with Crippen molar-refractivity contribution in [3.8, 4) is 0 Å². The molecule has 1 heterocycles. The molecule has 26 heavy (non-hydrogen) atoms. The summed E-state index contributed by atoms with van der Waals surface area (Å²) in [6.07, 6.45) is 4.27. The molecule has 1 aromatic carbocycles. The molecular formula is C19H26N6S. The van der Waals surface area contributed by atoms with Crippen LogP contribution in [0.4, 0.5) is 0 Å². The van der Waals surface area contributed by atoms with Crippen LogP contribution in [0.5, 0.6) is 0 Å². The molecule has 2 aromatic rings. The van der Waals surface area contributed by atoms with E-state index in [0.717, 1.165) is 24.2 Å². The second-order valence-corrected chi connectivity index (χ2v) is 8.05. The fraction of sp³-hybridized carbons (Fsp3) is 0.421. The third kappa shape index (κ3) is 4.88. The Bertz CT molecular complexity index is 764. The highest BCUT2D eigenvalue weighted by molar-refractivity contribution is 8.01. The number of aryl methyl sites for hydroxylation is 1. The molecule has 0 radical (unpaired) electrons. The van der Waals surface area contributed by atoms with Gasteiger partial charge in [-0.15, -0.1) is 28.5 Å². The van der Waals surface area contributed by atoms with Crippen molar-refractivity contribution in [1.29, 1.82) is 0 Å². The van der Waals surface area contributed by atoms with Crippen molar-refractivity contribution < 1.29 is 0 Å². The van der Waals surface area contributed by atoms with Crippen molar-refractivity contribution >= 4 is 17.7 Å². The lowest BCUT2D eigenvalue weighted by Gasteiger charge is -2.18. The van der Waals surface area contributed by atoms with E-state index in [9.17, 15) is 0 Å². The second kappa shape index (κ2) is 8.40. The number of thioether (sulfide) groups is 1. The average Bonchev–Trinajstić information content (AvgIpc) is 3.35. The summed E-state index contributed by atoms with van der Waals surface area (Å²) >= 11 is 1.95. The molecule has 0 aliphatic heterocycles. The van der Waals surface area contributed by atoms with Crippen LogP contribution in [0.15, 0.2) is 52.9 Å². The molecule has 0 bridgehead atoms. The van der Waals surface area contributed by atoms with Gasteiger partial charge in [0.2, 0.25) is 0 Å². The third-order valence-corrected chi connectivity index (χ3v) is 5.93. The van der Waals surface area contributed by atoms with Crippen LogP contribution in [-0.4, -0.2) is 38.6 Å². The lowest BCUT2D eigenvalue weighted by molar-refractivity contribution is 0.748. The minimum Gasteiger partial charge on any atom is -0.355 e. The Morgan fingerprint density at radius 2 is 2.08 bits per heavy atom. The van der Waals surface area contributed by atoms with Gasteiger partial charge in [-0.05, 0) is 31.9 Å². The first-order valence-electron chi connectivity index (χ1n) is 8.84. The molecule has 0 spiro atoms. The van der Waals surface area contributed by atoms with E-state index in [2.05, 4.69) is 62.7 Å². The first-order valence-corrected chi connectivity index (χ1v) is 9.65. The Labute approximate surface area is 159 Å². The van der Waals surface area contributed by atoms with Crippen LogP contribution in [0.3, 0.4) is 0 Å². The average molecular weight is 371 g/mol. The molecule has 0 saturated heterocycles. The minimum absolute atomic E-state index is 0.263. The van der Waals surface area contributed by atoms with Crippen LogP contribution in [-0.2, 0) is 13.6 Å². The zero-order valence-electron chi connectivity index (χ0n) is 15.4. The van der Waals surface area contributed by atoms with Crippen LogP contribution in [0.1, 0.15) is 24.5 Å². The molecule has 1 aliphatic carbocycles. The number of nitrogens with zero attached hydrogens (tertiary/aromatic N) is 4. The van der Waals surface area contributed by atoms with E-state index in [1.54, 1.807) is 0 Å². The van der Waals surface area contributed by atoms with Crippen LogP contribution >= 0.6 is 11.8 Å². The fourth-order valence-corrected chi connectivity index (χ4v) is 3.76. The minimum atomic E-state index is 0.263. The van der Waals surface area contributed by atoms with Crippen LogP contribution in [0.25, 0.3) is 0 Å². The maximum absolute atomic E-state index is 4.66. The van der Waals surface area contributed by atoms with E-state index in [0.29, 0.717) is 13.1 Å². The Morgan fingerprint density at radius 1 is 1.31 bits per heavy atom. The van der Waals surface area contributed by atoms with Crippen molar-refractivity contribution in [2.24, 2.45) is 12.0 Å². The summed E-state index contributed by atoms with van der Waals surface area (Å²) in [4.78, 5) is 5.98. The number of hydrogen-bond acceptors (Lipinski definition) is 4. The second-order valence-electron chi connectivity index (χ2n) is 6.51. The highest BCUT2D eigenvalue weighted by Crippen LogP contribution is 2.51. The van der Waals surface area contributed by atoms with Gasteiger partial charge in [-0.25, -0.2) is 4.99 Å². The zero-order chi connectivity index (χ0) is 18.4. The molecule has 0 amide bonds. The number of hydrogen-bond donors (Lipinski definition) is 2. The summed E-state index contributed by atoms with van der Waals surface area (Å²) in [6, 6.07) is 10.6. The van der Waals surface area contributed by atoms with Gasteiger partial charge < -0.3 is 15.2 Å². The van der Waals surface area contributed by atoms with Crippen molar-refractivity contribution in [3.63, 3.8) is 0 Å². The molecule has 3 rings (SSSR count). The summed E-state index contributed by atoms with van der Waals surface area (Å²) in [5.41, 5.74) is 0. The van der Waals surface area contributed by atoms with E-state index >= 15 is 0 Å². The number of nitrogens with one attached hydrogen (secondary N) is 2. The molecule has 138 valence electrons. The Balaban J connectivity index is 1.60. The summed E-state index contributed by atoms with van der Waals surface area (Å²) in [5.74, 6) is 2.52. The van der Waals surface area contributed by atoms with Gasteiger partial charge in [-0.1, -0.05) is 24.3 Å². The fourth-order valence-electron chi connectivity index (χ4n) is 2.52. The van der Waals surface area contributed by atoms with Gasteiger partial charge >= 0.3 is 0 Å². The monoisotopic (exact) mass is 370 g/mol. The Kier molecular flexibility index (Phi) is 5.98. The Morgan fingerprint density at radius 3 is 2.69 bits per heavy atom. The van der Waals surface area contributed by atoms with Gasteiger partial charge in [-0.3, -0.25) is 0 Å². The van der Waals surface area contributed by atoms with E-state index < -0.39 is 0 Å². The van der Waals surface area contributed by atoms with Crippen molar-refractivity contribution in [1.82, 2.24) is 25.4 Å². The van der Waals surface area contributed by atoms with Gasteiger partial charge in [0.25, 0.3) is 0 Å². The number of rotatable bonds is 8. The highest BCUT2D eigenvalue weighted by atomic mass is 32.2. The van der Waals surface area contributed by atoms with Crippen LogP contribution in [0.2, 0.25) is 0 Å². The predicted octanol–water partition coefficient (Wildman–Crippen LogP) is 2.67. The molecule has 6 nitrogen and oxygen atoms in total. The smallest absolute Gasteiger partial charge is 0.192 e. The van der Waals surface area contributed by atoms with E-state index in [1.165, 1.54) is 17.7 Å². The number of aliphatic imine (C=N–C) groups is 1. The number of guanidine groups is 1. The van der Waals surface area contributed by atoms with Crippen molar-refractivity contribution in [3.05, 3.63) is 54.6 Å². The first-order chi connectivity index (χ1) is 12.6. The summed E-state index contributed by atoms with van der Waals surface area (Å²) in [6.45, 7) is 7.75. The largest absolute Gasteiger partial charge is 0.355 e. The molecule has 1 aromatic heterocycles. The molecule has 0 unspecified atom stereocenters. The van der Waals surface area contributed by atoms with Gasteiger partial charge in [0.15, 0.2) is 11.8 Å². The SMILES string of the molecule is C=CCNC(=NCc1nnc(C)n1C)NCC1(Sc2ccccc2)CC1. The summed E-state index contributed by atoms with van der Waals surface area (Å²) in [7, 11) is 1.96. The zero-order valence-corrected chi connectivity index (χ0v) is 16.2. The molecule has 2 N–H and O–H groups in total. The molecule has 1 fully saturated rings. The number of benzene rings is 1. The van der Waals surface area contributed by atoms with E-state index in [4.69, 9.17) is 0 Å². The maximum atomic E-state index is 4.66. The van der Waals surface area contributed by atoms with E-state index in [-0.39, 0.29) is 4.75 Å². The van der Waals surface area contributed by atoms with E-state index in [1.807, 2.05) is 36.4 Å². The standard InChI is InChI=1S/C19H26N6S/c1-4-12-20-18(21-13-17-24-23-15(2)25(17)3)22-14-19(10-11-19)26-16-8-6-5-7-9-16/h4-9H,1,10-14H2,2-3H3,(H2,20,21,22). The normalized spacial score (nSPS) is 15.5. The molecule has 1 saturated carbocycles. The van der Waals surface area contributed by atoms with Gasteiger partial charge in [-0.2, -0.15) is 0 Å². The lowest BCUT2D eigenvalue weighted by atomic mass is 10.4. The lowest BCUT2D eigenvalue weighted by Crippen LogP contribution is -2.41. The molecule has 1 aliphatic rings. The van der Waals surface area contributed by atoms with Crippen molar-refractivity contribution in [2.45, 2.75) is 36.0 Å². The van der Waals surface area contributed by atoms with Crippen molar-refractivity contribution in [2.75, 3.05) is 13.1 Å². The predicted molar refractivity (Wildman–Crippen MR) is 107 cm³/mol. The Hall–Kier alpha value is -2.28.